The van der Waals surface area contributed by atoms with Crippen LogP contribution in [0, 0.1) is 5.41 Å². The molecule has 0 saturated carbocycles. The van der Waals surface area contributed by atoms with Crippen LogP contribution in [-0.2, 0) is 0 Å². The van der Waals surface area contributed by atoms with Gasteiger partial charge in [0, 0.05) is 17.4 Å². The van der Waals surface area contributed by atoms with Gasteiger partial charge in [-0.15, -0.1) is 0 Å². The Bertz CT molecular complexity index is 487. The van der Waals surface area contributed by atoms with Crippen LogP contribution in [0.4, 0.5) is 0 Å². The Balaban J connectivity index is 2.43. The average molecular weight is 257 g/mol. The summed E-state index contributed by atoms with van der Waals surface area (Å²) in [7, 11) is 0. The second-order valence-corrected chi connectivity index (χ2v) is 7.60. The van der Waals surface area contributed by atoms with Crippen LogP contribution in [0.25, 0.3) is 0 Å². The van der Waals surface area contributed by atoms with Crippen molar-refractivity contribution in [1.29, 1.82) is 0 Å². The maximum absolute atomic E-state index is 4.35. The normalized spacial score (nSPS) is 20.6. The zero-order valence-electron chi connectivity index (χ0n) is 13.3. The summed E-state index contributed by atoms with van der Waals surface area (Å²) >= 11 is 0. The molecule has 1 aliphatic carbocycles. The molecular formula is C18H27N. The summed E-state index contributed by atoms with van der Waals surface area (Å²) < 4.78 is 0. The molecule has 0 spiro atoms. The standard InChI is InChI=1S/C18H27N/c1-13-14-9-8-10-16(17(2,3)4)15(14)11-12-19(13)18(5,6)7/h10-12H,1,8-9H2,2-7H3. The van der Waals surface area contributed by atoms with E-state index in [0.717, 1.165) is 12.8 Å². The van der Waals surface area contributed by atoms with Gasteiger partial charge in [0.1, 0.15) is 0 Å². The van der Waals surface area contributed by atoms with E-state index < -0.39 is 0 Å². The summed E-state index contributed by atoms with van der Waals surface area (Å²) in [6.45, 7) is 17.9. The van der Waals surface area contributed by atoms with Gasteiger partial charge in [-0.3, -0.25) is 0 Å². The van der Waals surface area contributed by atoms with E-state index in [1.807, 2.05) is 0 Å². The Hall–Kier alpha value is -1.24. The second-order valence-electron chi connectivity index (χ2n) is 7.60. The molecule has 0 amide bonds. The van der Waals surface area contributed by atoms with Gasteiger partial charge >= 0.3 is 0 Å². The van der Waals surface area contributed by atoms with Crippen molar-refractivity contribution in [3.05, 3.63) is 47.3 Å². The van der Waals surface area contributed by atoms with Crippen LogP contribution in [0.5, 0.6) is 0 Å². The highest BCUT2D eigenvalue weighted by Crippen LogP contribution is 2.43. The number of allylic oxidation sites excluding steroid dienone is 5. The van der Waals surface area contributed by atoms with Crippen molar-refractivity contribution in [1.82, 2.24) is 4.90 Å². The van der Waals surface area contributed by atoms with Crippen molar-refractivity contribution in [2.24, 2.45) is 5.41 Å². The fraction of sp³-hybridized carbons (Fsp3) is 0.556. The molecule has 2 aliphatic rings. The van der Waals surface area contributed by atoms with E-state index in [9.17, 15) is 0 Å². The summed E-state index contributed by atoms with van der Waals surface area (Å²) in [5.41, 5.74) is 5.79. The quantitative estimate of drug-likeness (QED) is 0.577. The first-order valence-corrected chi connectivity index (χ1v) is 7.23. The summed E-state index contributed by atoms with van der Waals surface area (Å²) in [6, 6.07) is 0. The van der Waals surface area contributed by atoms with Crippen LogP contribution in [-0.4, -0.2) is 10.4 Å². The Morgan fingerprint density at radius 3 is 2.26 bits per heavy atom. The average Bonchev–Trinajstić information content (AvgIpc) is 2.26. The fourth-order valence-electron chi connectivity index (χ4n) is 2.98. The van der Waals surface area contributed by atoms with Crippen LogP contribution in [0.15, 0.2) is 47.3 Å². The molecule has 0 radical (unpaired) electrons. The van der Waals surface area contributed by atoms with E-state index in [0.29, 0.717) is 0 Å². The van der Waals surface area contributed by atoms with Crippen LogP contribution in [0.3, 0.4) is 0 Å². The lowest BCUT2D eigenvalue weighted by Crippen LogP contribution is -2.38. The van der Waals surface area contributed by atoms with Gasteiger partial charge in [-0.05, 0) is 61.8 Å². The third-order valence-electron chi connectivity index (χ3n) is 3.92. The van der Waals surface area contributed by atoms with E-state index in [2.05, 4.69) is 71.4 Å². The predicted molar refractivity (Wildman–Crippen MR) is 83.7 cm³/mol. The van der Waals surface area contributed by atoms with Crippen molar-refractivity contribution in [3.8, 4) is 0 Å². The van der Waals surface area contributed by atoms with Gasteiger partial charge in [0.15, 0.2) is 0 Å². The summed E-state index contributed by atoms with van der Waals surface area (Å²) in [6.07, 6.45) is 9.14. The van der Waals surface area contributed by atoms with Gasteiger partial charge < -0.3 is 4.90 Å². The van der Waals surface area contributed by atoms with E-state index in [1.165, 1.54) is 22.4 Å². The molecule has 0 aromatic carbocycles. The fourth-order valence-corrected chi connectivity index (χ4v) is 2.98. The lowest BCUT2D eigenvalue weighted by molar-refractivity contribution is 0.259. The third-order valence-corrected chi connectivity index (χ3v) is 3.92. The maximum atomic E-state index is 4.35. The molecule has 1 heteroatoms. The summed E-state index contributed by atoms with van der Waals surface area (Å²) in [5, 5.41) is 0. The Morgan fingerprint density at radius 2 is 1.74 bits per heavy atom. The molecule has 19 heavy (non-hydrogen) atoms. The zero-order chi connectivity index (χ0) is 14.4. The number of nitrogens with zero attached hydrogens (tertiary/aromatic N) is 1. The molecular weight excluding hydrogens is 230 g/mol. The lowest BCUT2D eigenvalue weighted by Gasteiger charge is -2.42. The van der Waals surface area contributed by atoms with Crippen LogP contribution in [0.2, 0.25) is 0 Å². The van der Waals surface area contributed by atoms with E-state index in [1.54, 1.807) is 0 Å². The van der Waals surface area contributed by atoms with Gasteiger partial charge in [0.2, 0.25) is 0 Å². The lowest BCUT2D eigenvalue weighted by atomic mass is 9.75. The minimum atomic E-state index is 0.0924. The van der Waals surface area contributed by atoms with Crippen molar-refractivity contribution >= 4 is 0 Å². The van der Waals surface area contributed by atoms with Gasteiger partial charge in [-0.25, -0.2) is 0 Å². The largest absolute Gasteiger partial charge is 0.343 e. The highest BCUT2D eigenvalue weighted by Gasteiger charge is 2.31. The number of rotatable bonds is 0. The van der Waals surface area contributed by atoms with E-state index >= 15 is 0 Å². The number of hydrogen-bond acceptors (Lipinski definition) is 1. The Kier molecular flexibility index (Phi) is 3.28. The minimum Gasteiger partial charge on any atom is -0.343 e. The molecule has 104 valence electrons. The smallest absolute Gasteiger partial charge is 0.0376 e. The molecule has 0 aromatic rings. The molecule has 0 bridgehead atoms. The molecule has 2 rings (SSSR count). The molecule has 1 nitrogen and oxygen atoms in total. The van der Waals surface area contributed by atoms with E-state index in [-0.39, 0.29) is 11.0 Å². The third kappa shape index (κ3) is 2.56. The Labute approximate surface area is 118 Å². The maximum Gasteiger partial charge on any atom is 0.0376 e. The monoisotopic (exact) mass is 257 g/mol. The molecule has 0 unspecified atom stereocenters. The van der Waals surface area contributed by atoms with Crippen molar-refractivity contribution < 1.29 is 0 Å². The topological polar surface area (TPSA) is 3.24 Å². The minimum absolute atomic E-state index is 0.0924. The predicted octanol–water partition coefficient (Wildman–Crippen LogP) is 5.19. The van der Waals surface area contributed by atoms with Gasteiger partial charge in [-0.1, -0.05) is 33.4 Å². The Morgan fingerprint density at radius 1 is 1.11 bits per heavy atom. The molecule has 1 heterocycles. The molecule has 0 atom stereocenters. The second kappa shape index (κ2) is 4.40. The SMILES string of the molecule is C=C1C2=C(C=CN1C(C)(C)C)C(C(C)(C)C)=CCC2. The zero-order valence-corrected chi connectivity index (χ0v) is 13.3. The summed E-state index contributed by atoms with van der Waals surface area (Å²) in [5.74, 6) is 0. The van der Waals surface area contributed by atoms with Crippen molar-refractivity contribution in [3.63, 3.8) is 0 Å². The first-order chi connectivity index (χ1) is 8.62. The first kappa shape index (κ1) is 14.2. The molecule has 0 N–H and O–H groups in total. The molecule has 0 saturated heterocycles. The van der Waals surface area contributed by atoms with Crippen LogP contribution >= 0.6 is 0 Å². The van der Waals surface area contributed by atoms with Gasteiger partial charge in [0.25, 0.3) is 0 Å². The summed E-state index contributed by atoms with van der Waals surface area (Å²) in [4.78, 5) is 2.30. The number of hydrogen-bond donors (Lipinski definition) is 0. The van der Waals surface area contributed by atoms with Crippen LogP contribution < -0.4 is 0 Å². The van der Waals surface area contributed by atoms with Crippen molar-refractivity contribution in [2.45, 2.75) is 59.9 Å². The van der Waals surface area contributed by atoms with Crippen molar-refractivity contribution in [2.75, 3.05) is 0 Å². The first-order valence-electron chi connectivity index (χ1n) is 7.23. The highest BCUT2D eigenvalue weighted by molar-refractivity contribution is 5.56. The van der Waals surface area contributed by atoms with E-state index in [4.69, 9.17) is 0 Å². The molecule has 0 fully saturated rings. The highest BCUT2D eigenvalue weighted by atomic mass is 15.2. The van der Waals surface area contributed by atoms with Gasteiger partial charge in [0.05, 0.1) is 0 Å². The molecule has 1 aliphatic heterocycles. The van der Waals surface area contributed by atoms with Gasteiger partial charge in [-0.2, -0.15) is 0 Å². The molecule has 0 aromatic heterocycles. The van der Waals surface area contributed by atoms with Crippen LogP contribution in [0.1, 0.15) is 54.4 Å².